The predicted molar refractivity (Wildman–Crippen MR) is 44.4 cm³/mol. The second kappa shape index (κ2) is 3.76. The molecule has 2 N–H and O–H groups in total. The van der Waals surface area contributed by atoms with E-state index in [-0.39, 0.29) is 25.4 Å². The molecule has 0 aromatic heterocycles. The van der Waals surface area contributed by atoms with Crippen LogP contribution in [0.1, 0.15) is 13.3 Å². The summed E-state index contributed by atoms with van der Waals surface area (Å²) in [6, 6.07) is -0.981. The summed E-state index contributed by atoms with van der Waals surface area (Å²) in [5.74, 6) is -1.84. The summed E-state index contributed by atoms with van der Waals surface area (Å²) in [5, 5.41) is 0. The van der Waals surface area contributed by atoms with Gasteiger partial charge in [-0.2, -0.15) is 13.2 Å². The monoisotopic (exact) mass is 210 g/mol. The Bertz CT molecular complexity index is 229. The first-order valence-corrected chi connectivity index (χ1v) is 4.46. The van der Waals surface area contributed by atoms with Gasteiger partial charge < -0.3 is 10.6 Å². The number of amides is 1. The summed E-state index contributed by atoms with van der Waals surface area (Å²) < 4.78 is 37.0. The lowest BCUT2D eigenvalue weighted by Gasteiger charge is -2.17. The van der Waals surface area contributed by atoms with Crippen LogP contribution in [0.4, 0.5) is 13.2 Å². The number of nitrogens with two attached hydrogens (primary N) is 1. The molecule has 0 spiro atoms. The van der Waals surface area contributed by atoms with E-state index in [9.17, 15) is 18.0 Å². The topological polar surface area (TPSA) is 46.3 Å². The van der Waals surface area contributed by atoms with Crippen LogP contribution in [-0.2, 0) is 4.79 Å². The third-order valence-electron chi connectivity index (χ3n) is 2.44. The molecule has 0 aromatic rings. The molecule has 14 heavy (non-hydrogen) atoms. The molecular formula is C8H13F3N2O. The second-order valence-electron chi connectivity index (χ2n) is 3.46. The molecule has 1 fully saturated rings. The minimum Gasteiger partial charge on any atom is -0.340 e. The summed E-state index contributed by atoms with van der Waals surface area (Å²) in [4.78, 5) is 12.3. The predicted octanol–water partition coefficient (Wildman–Crippen LogP) is 0.744. The zero-order chi connectivity index (χ0) is 10.9. The van der Waals surface area contributed by atoms with E-state index < -0.39 is 18.1 Å². The van der Waals surface area contributed by atoms with Crippen LogP contribution >= 0.6 is 0 Å². The Kier molecular flexibility index (Phi) is 3.04. The number of rotatable bonds is 1. The lowest BCUT2D eigenvalue weighted by atomic mass is 10.1. The average molecular weight is 210 g/mol. The third-order valence-corrected chi connectivity index (χ3v) is 2.44. The van der Waals surface area contributed by atoms with E-state index in [1.54, 1.807) is 6.92 Å². The number of nitrogens with zero attached hydrogens (tertiary/aromatic N) is 1. The first-order valence-electron chi connectivity index (χ1n) is 4.46. The SMILES string of the molecule is CCC(=O)N1C[C@H](N)[C@@H](C(F)(F)F)C1. The third kappa shape index (κ3) is 2.17. The molecule has 1 aliphatic rings. The van der Waals surface area contributed by atoms with E-state index in [4.69, 9.17) is 5.73 Å². The van der Waals surface area contributed by atoms with Crippen molar-refractivity contribution in [2.75, 3.05) is 13.1 Å². The molecule has 0 aromatic carbocycles. The minimum atomic E-state index is -4.30. The zero-order valence-corrected chi connectivity index (χ0v) is 7.84. The summed E-state index contributed by atoms with van der Waals surface area (Å²) in [6.07, 6.45) is -4.08. The number of hydrogen-bond donors (Lipinski definition) is 1. The van der Waals surface area contributed by atoms with Crippen LogP contribution in [-0.4, -0.2) is 36.1 Å². The van der Waals surface area contributed by atoms with Crippen LogP contribution in [0.25, 0.3) is 0 Å². The Labute approximate surface area is 80.0 Å². The number of carbonyl (C=O) groups excluding carboxylic acids is 1. The number of alkyl halides is 3. The van der Waals surface area contributed by atoms with Crippen LogP contribution in [0.15, 0.2) is 0 Å². The number of halogens is 3. The van der Waals surface area contributed by atoms with E-state index in [0.717, 1.165) is 0 Å². The van der Waals surface area contributed by atoms with Crippen LogP contribution in [0.5, 0.6) is 0 Å². The molecule has 1 heterocycles. The van der Waals surface area contributed by atoms with E-state index >= 15 is 0 Å². The van der Waals surface area contributed by atoms with Crippen LogP contribution in [0, 0.1) is 5.92 Å². The van der Waals surface area contributed by atoms with Gasteiger partial charge in [0.05, 0.1) is 5.92 Å². The molecule has 1 saturated heterocycles. The Balaban J connectivity index is 2.65. The average Bonchev–Trinajstić information content (AvgIpc) is 2.45. The van der Waals surface area contributed by atoms with E-state index in [1.807, 2.05) is 0 Å². The first-order chi connectivity index (χ1) is 6.36. The first kappa shape index (κ1) is 11.3. The van der Waals surface area contributed by atoms with Crippen LogP contribution in [0.3, 0.4) is 0 Å². The van der Waals surface area contributed by atoms with Crippen LogP contribution < -0.4 is 5.73 Å². The molecule has 3 nitrogen and oxygen atoms in total. The minimum absolute atomic E-state index is 0.0108. The maximum absolute atomic E-state index is 12.3. The Morgan fingerprint density at radius 3 is 2.43 bits per heavy atom. The number of hydrogen-bond acceptors (Lipinski definition) is 2. The Hall–Kier alpha value is -0.780. The molecule has 1 amide bonds. The van der Waals surface area contributed by atoms with Crippen molar-refractivity contribution >= 4 is 5.91 Å². The van der Waals surface area contributed by atoms with E-state index in [1.165, 1.54) is 4.90 Å². The summed E-state index contributed by atoms with van der Waals surface area (Å²) >= 11 is 0. The van der Waals surface area contributed by atoms with Gasteiger partial charge in [0.25, 0.3) is 0 Å². The molecule has 6 heteroatoms. The van der Waals surface area contributed by atoms with Crippen molar-refractivity contribution < 1.29 is 18.0 Å². The maximum Gasteiger partial charge on any atom is 0.395 e. The molecule has 82 valence electrons. The van der Waals surface area contributed by atoms with Gasteiger partial charge in [0, 0.05) is 25.6 Å². The molecule has 1 rings (SSSR count). The van der Waals surface area contributed by atoms with Gasteiger partial charge in [-0.15, -0.1) is 0 Å². The van der Waals surface area contributed by atoms with Crippen molar-refractivity contribution in [1.29, 1.82) is 0 Å². The van der Waals surface area contributed by atoms with Crippen molar-refractivity contribution in [1.82, 2.24) is 4.90 Å². The van der Waals surface area contributed by atoms with Gasteiger partial charge in [-0.1, -0.05) is 6.92 Å². The largest absolute Gasteiger partial charge is 0.395 e. The Morgan fingerprint density at radius 2 is 2.07 bits per heavy atom. The normalized spacial score (nSPS) is 28.2. The van der Waals surface area contributed by atoms with Gasteiger partial charge in [0.2, 0.25) is 5.91 Å². The fourth-order valence-corrected chi connectivity index (χ4v) is 1.60. The summed E-state index contributed by atoms with van der Waals surface area (Å²) in [7, 11) is 0. The molecule has 0 unspecified atom stereocenters. The standard InChI is InChI=1S/C8H13F3N2O/c1-2-7(14)13-3-5(6(12)4-13)8(9,10)11/h5-6H,2-4,12H2,1H3/t5-,6-/m0/s1. The molecule has 0 radical (unpaired) electrons. The van der Waals surface area contributed by atoms with Gasteiger partial charge in [-0.05, 0) is 0 Å². The molecular weight excluding hydrogens is 197 g/mol. The highest BCUT2D eigenvalue weighted by atomic mass is 19.4. The number of carbonyl (C=O) groups is 1. The number of likely N-dealkylation sites (tertiary alicyclic amines) is 1. The van der Waals surface area contributed by atoms with Crippen molar-refractivity contribution in [3.05, 3.63) is 0 Å². The second-order valence-corrected chi connectivity index (χ2v) is 3.46. The quantitative estimate of drug-likeness (QED) is 0.694. The lowest BCUT2D eigenvalue weighted by Crippen LogP contribution is -2.38. The zero-order valence-electron chi connectivity index (χ0n) is 7.84. The summed E-state index contributed by atoms with van der Waals surface area (Å²) in [5.41, 5.74) is 5.33. The van der Waals surface area contributed by atoms with Gasteiger partial charge >= 0.3 is 6.18 Å². The summed E-state index contributed by atoms with van der Waals surface area (Å²) in [6.45, 7) is 1.34. The van der Waals surface area contributed by atoms with Crippen molar-refractivity contribution in [3.63, 3.8) is 0 Å². The smallest absolute Gasteiger partial charge is 0.340 e. The lowest BCUT2D eigenvalue weighted by molar-refractivity contribution is -0.173. The van der Waals surface area contributed by atoms with Crippen molar-refractivity contribution in [3.8, 4) is 0 Å². The molecule has 2 atom stereocenters. The van der Waals surface area contributed by atoms with Gasteiger partial charge in [-0.25, -0.2) is 0 Å². The maximum atomic E-state index is 12.3. The molecule has 0 bridgehead atoms. The van der Waals surface area contributed by atoms with Gasteiger partial charge in [0.15, 0.2) is 0 Å². The fraction of sp³-hybridized carbons (Fsp3) is 0.875. The van der Waals surface area contributed by atoms with E-state index in [2.05, 4.69) is 0 Å². The highest BCUT2D eigenvalue weighted by Gasteiger charge is 2.49. The van der Waals surface area contributed by atoms with Crippen molar-refractivity contribution in [2.45, 2.75) is 25.6 Å². The Morgan fingerprint density at radius 1 is 1.50 bits per heavy atom. The highest BCUT2D eigenvalue weighted by Crippen LogP contribution is 2.32. The molecule has 0 saturated carbocycles. The van der Waals surface area contributed by atoms with E-state index in [0.29, 0.717) is 0 Å². The highest BCUT2D eigenvalue weighted by molar-refractivity contribution is 5.76. The van der Waals surface area contributed by atoms with Crippen LogP contribution in [0.2, 0.25) is 0 Å². The molecule has 0 aliphatic carbocycles. The fourth-order valence-electron chi connectivity index (χ4n) is 1.60. The van der Waals surface area contributed by atoms with Gasteiger partial charge in [-0.3, -0.25) is 4.79 Å². The van der Waals surface area contributed by atoms with Gasteiger partial charge in [0.1, 0.15) is 0 Å². The molecule has 1 aliphatic heterocycles. The van der Waals surface area contributed by atoms with Crippen molar-refractivity contribution in [2.24, 2.45) is 11.7 Å².